The first kappa shape index (κ1) is 28.6. The first-order valence-electron chi connectivity index (χ1n) is 15.9. The van der Waals surface area contributed by atoms with Gasteiger partial charge in [-0.15, -0.1) is 0 Å². The summed E-state index contributed by atoms with van der Waals surface area (Å²) in [6.45, 7) is 4.85. The molecular weight excluding hydrogens is 550 g/mol. The summed E-state index contributed by atoms with van der Waals surface area (Å²) in [5, 5.41) is 19.1. The maximum absolute atomic E-state index is 9.91. The smallest absolute Gasteiger partial charge is 0.164 e. The van der Waals surface area contributed by atoms with Crippen molar-refractivity contribution in [2.24, 2.45) is 17.8 Å². The van der Waals surface area contributed by atoms with Crippen molar-refractivity contribution in [3.63, 3.8) is 0 Å². The van der Waals surface area contributed by atoms with E-state index >= 15 is 0 Å². The average molecular weight is 586 g/mol. The van der Waals surface area contributed by atoms with E-state index in [1.807, 2.05) is 60.7 Å². The topological polar surface area (TPSA) is 86.2 Å². The molecule has 5 aromatic rings. The van der Waals surface area contributed by atoms with Gasteiger partial charge < -0.3 is 0 Å². The lowest BCUT2D eigenvalue weighted by Crippen LogP contribution is -2.42. The Morgan fingerprint density at radius 1 is 0.556 bits per heavy atom. The van der Waals surface area contributed by atoms with Gasteiger partial charge in [0.15, 0.2) is 17.5 Å². The Morgan fingerprint density at radius 3 is 1.69 bits per heavy atom. The molecule has 0 aliphatic heterocycles. The van der Waals surface area contributed by atoms with Crippen molar-refractivity contribution in [2.45, 2.75) is 51.4 Å². The van der Waals surface area contributed by atoms with E-state index in [1.165, 1.54) is 37.7 Å². The van der Waals surface area contributed by atoms with Gasteiger partial charge in [0, 0.05) is 16.7 Å². The maximum atomic E-state index is 9.91. The molecule has 45 heavy (non-hydrogen) atoms. The minimum Gasteiger partial charge on any atom is -0.208 e. The van der Waals surface area contributed by atoms with Crippen molar-refractivity contribution in [1.29, 1.82) is 10.5 Å². The van der Waals surface area contributed by atoms with Gasteiger partial charge in [-0.1, -0.05) is 80.6 Å². The van der Waals surface area contributed by atoms with Crippen molar-refractivity contribution in [3.8, 4) is 57.4 Å². The van der Waals surface area contributed by atoms with Gasteiger partial charge in [-0.2, -0.15) is 10.5 Å². The van der Waals surface area contributed by atoms with Gasteiger partial charge in [0.25, 0.3) is 0 Å². The average Bonchev–Trinajstić information content (AvgIpc) is 3.07. The van der Waals surface area contributed by atoms with E-state index < -0.39 is 0 Å². The third-order valence-electron chi connectivity index (χ3n) is 9.72. The minimum absolute atomic E-state index is 0.261. The Labute approximate surface area is 265 Å². The Hall–Kier alpha value is -5.13. The maximum Gasteiger partial charge on any atom is 0.164 e. The Morgan fingerprint density at radius 2 is 1.09 bits per heavy atom. The Balaban J connectivity index is 1.31. The van der Waals surface area contributed by atoms with Crippen molar-refractivity contribution in [2.75, 3.05) is 0 Å². The van der Waals surface area contributed by atoms with Crippen LogP contribution in [0.3, 0.4) is 0 Å². The van der Waals surface area contributed by atoms with Crippen LogP contribution in [0.5, 0.6) is 0 Å². The first-order valence-corrected chi connectivity index (χ1v) is 15.9. The predicted molar refractivity (Wildman–Crippen MR) is 178 cm³/mol. The summed E-state index contributed by atoms with van der Waals surface area (Å²) < 4.78 is 0. The highest BCUT2D eigenvalue weighted by Crippen LogP contribution is 2.54. The van der Waals surface area contributed by atoms with Crippen LogP contribution in [0.4, 0.5) is 0 Å². The highest BCUT2D eigenvalue weighted by molar-refractivity contribution is 5.74. The van der Waals surface area contributed by atoms with Crippen LogP contribution in [-0.4, -0.2) is 15.0 Å². The third-order valence-corrected chi connectivity index (χ3v) is 9.72. The highest BCUT2D eigenvalue weighted by Gasteiger charge is 2.45. The molecule has 5 nitrogen and oxygen atoms in total. The SMILES string of the molecule is C[C@@H]1C[C@@H]2C[C@H](C)CC(c3ccc(-c4nc(-c5ccccc5)nc(-c5cc(C#N)cc(-c6ccc(C#N)cc6)c5)n4)cc3)(C1)C2. The van der Waals surface area contributed by atoms with E-state index in [-0.39, 0.29) is 5.41 Å². The second-order valence-electron chi connectivity index (χ2n) is 13.3. The molecule has 0 saturated heterocycles. The van der Waals surface area contributed by atoms with Crippen molar-refractivity contribution >= 4 is 0 Å². The van der Waals surface area contributed by atoms with Crippen LogP contribution < -0.4 is 0 Å². The Bertz CT molecular complexity index is 1910. The van der Waals surface area contributed by atoms with Crippen LogP contribution in [0.2, 0.25) is 0 Å². The van der Waals surface area contributed by atoms with Crippen molar-refractivity contribution in [1.82, 2.24) is 15.0 Å². The first-order chi connectivity index (χ1) is 21.9. The lowest BCUT2D eigenvalue weighted by Gasteiger charge is -2.50. The summed E-state index contributed by atoms with van der Waals surface area (Å²) in [5.41, 5.74) is 7.18. The zero-order valence-corrected chi connectivity index (χ0v) is 25.7. The van der Waals surface area contributed by atoms with Gasteiger partial charge >= 0.3 is 0 Å². The number of aromatic nitrogens is 3. The minimum atomic E-state index is 0.261. The van der Waals surface area contributed by atoms with E-state index in [1.54, 1.807) is 12.1 Å². The number of hydrogen-bond donors (Lipinski definition) is 0. The van der Waals surface area contributed by atoms with Crippen LogP contribution in [0.25, 0.3) is 45.3 Å². The predicted octanol–water partition coefficient (Wildman–Crippen LogP) is 9.39. The molecule has 2 aliphatic carbocycles. The number of rotatable bonds is 5. The van der Waals surface area contributed by atoms with E-state index in [0.717, 1.165) is 45.6 Å². The van der Waals surface area contributed by atoms with Crippen LogP contribution in [0.1, 0.15) is 62.6 Å². The van der Waals surface area contributed by atoms with E-state index in [0.29, 0.717) is 28.6 Å². The molecular formula is C40H35N5. The van der Waals surface area contributed by atoms with Gasteiger partial charge in [0.05, 0.1) is 23.3 Å². The second kappa shape index (κ2) is 11.8. The fourth-order valence-electron chi connectivity index (χ4n) is 8.11. The monoisotopic (exact) mass is 585 g/mol. The fraction of sp³-hybridized carbons (Fsp3) is 0.275. The summed E-state index contributed by atoms with van der Waals surface area (Å²) in [6, 6.07) is 36.5. The van der Waals surface area contributed by atoms with Crippen molar-refractivity contribution in [3.05, 3.63) is 114 Å². The standard InChI is InChI=1S/C40H35N5/c1-26-16-29-17-27(2)22-40(21-26,23-29)36-14-12-33(13-15-36)38-43-37(32-6-4-3-5-7-32)44-39(45-38)35-19-30(25-42)18-34(20-35)31-10-8-28(24-41)9-11-31/h3-15,18-20,26-27,29H,16-17,21-23H2,1-2H3/t26-,27+,29-,40?. The molecule has 4 atom stereocenters. The number of benzene rings is 4. The Kier molecular flexibility index (Phi) is 7.48. The van der Waals surface area contributed by atoms with E-state index in [9.17, 15) is 10.5 Å². The molecule has 7 rings (SSSR count). The molecule has 0 N–H and O–H groups in total. The lowest BCUT2D eigenvalue weighted by atomic mass is 9.54. The summed E-state index contributed by atoms with van der Waals surface area (Å²) in [5.74, 6) is 4.05. The largest absolute Gasteiger partial charge is 0.208 e. The molecule has 2 fully saturated rings. The molecule has 2 bridgehead atoms. The summed E-state index contributed by atoms with van der Waals surface area (Å²) >= 11 is 0. The summed E-state index contributed by atoms with van der Waals surface area (Å²) in [4.78, 5) is 14.9. The van der Waals surface area contributed by atoms with E-state index in [2.05, 4.69) is 50.3 Å². The van der Waals surface area contributed by atoms with Crippen molar-refractivity contribution < 1.29 is 0 Å². The second-order valence-corrected chi connectivity index (χ2v) is 13.3. The molecule has 1 heterocycles. The molecule has 0 amide bonds. The van der Waals surface area contributed by atoms with Gasteiger partial charge in [0.1, 0.15) is 0 Å². The molecule has 0 spiro atoms. The number of nitrogens with zero attached hydrogens (tertiary/aromatic N) is 5. The molecule has 1 aromatic heterocycles. The number of nitriles is 2. The quantitative estimate of drug-likeness (QED) is 0.205. The lowest BCUT2D eigenvalue weighted by molar-refractivity contribution is 0.0780. The van der Waals surface area contributed by atoms with Crippen LogP contribution in [0.15, 0.2) is 97.1 Å². The molecule has 4 aromatic carbocycles. The van der Waals surface area contributed by atoms with Crippen LogP contribution in [0, 0.1) is 40.4 Å². The molecule has 0 radical (unpaired) electrons. The van der Waals surface area contributed by atoms with Crippen LogP contribution >= 0.6 is 0 Å². The molecule has 2 saturated carbocycles. The highest BCUT2D eigenvalue weighted by atomic mass is 15.0. The van der Waals surface area contributed by atoms with Gasteiger partial charge in [0.2, 0.25) is 0 Å². The number of hydrogen-bond acceptors (Lipinski definition) is 5. The molecule has 2 aliphatic rings. The third kappa shape index (κ3) is 5.75. The zero-order valence-electron chi connectivity index (χ0n) is 25.7. The zero-order chi connectivity index (χ0) is 31.0. The molecule has 1 unspecified atom stereocenters. The van der Waals surface area contributed by atoms with Gasteiger partial charge in [-0.05, 0) is 102 Å². The fourth-order valence-corrected chi connectivity index (χ4v) is 8.11. The summed E-state index contributed by atoms with van der Waals surface area (Å²) in [6.07, 6.45) is 6.54. The van der Waals surface area contributed by atoms with Gasteiger partial charge in [-0.3, -0.25) is 0 Å². The van der Waals surface area contributed by atoms with Gasteiger partial charge in [-0.25, -0.2) is 15.0 Å². The van der Waals surface area contributed by atoms with Crippen LogP contribution in [-0.2, 0) is 5.41 Å². The van der Waals surface area contributed by atoms with E-state index in [4.69, 9.17) is 15.0 Å². The summed E-state index contributed by atoms with van der Waals surface area (Å²) in [7, 11) is 0. The molecule has 220 valence electrons. The normalized spacial score (nSPS) is 22.3. The number of fused-ring (bicyclic) bond motifs is 2. The molecule has 5 heteroatoms.